The summed E-state index contributed by atoms with van der Waals surface area (Å²) in [4.78, 5) is 24.2. The number of rotatable bonds is 4. The van der Waals surface area contributed by atoms with Crippen LogP contribution in [0.15, 0.2) is 42.5 Å². The van der Waals surface area contributed by atoms with Gasteiger partial charge in [0.05, 0.1) is 0 Å². The molecule has 2 amide bonds. The summed E-state index contributed by atoms with van der Waals surface area (Å²) < 4.78 is 0. The number of amides is 2. The average Bonchev–Trinajstić information content (AvgIpc) is 2.55. The van der Waals surface area contributed by atoms with E-state index in [4.69, 9.17) is 11.6 Å². The highest BCUT2D eigenvalue weighted by Crippen LogP contribution is 2.27. The fourth-order valence-corrected chi connectivity index (χ4v) is 2.50. The molecular formula is C19H21ClN2O2. The van der Waals surface area contributed by atoms with Gasteiger partial charge in [0.15, 0.2) is 0 Å². The minimum Gasteiger partial charge on any atom is -0.344 e. The number of para-hydroxylation sites is 1. The molecule has 2 N–H and O–H groups in total. The second-order valence-corrected chi connectivity index (χ2v) is 6.39. The molecule has 0 fully saturated rings. The van der Waals surface area contributed by atoms with Gasteiger partial charge in [-0.25, -0.2) is 0 Å². The number of nitrogens with one attached hydrogen (secondary N) is 2. The highest BCUT2D eigenvalue weighted by atomic mass is 35.5. The molecule has 2 aromatic carbocycles. The Bertz CT molecular complexity index is 740. The van der Waals surface area contributed by atoms with Crippen LogP contribution in [-0.2, 0) is 16.1 Å². The molecule has 24 heavy (non-hydrogen) atoms. The van der Waals surface area contributed by atoms with Crippen molar-refractivity contribution in [3.8, 4) is 0 Å². The molecular weight excluding hydrogens is 324 g/mol. The van der Waals surface area contributed by atoms with Crippen molar-refractivity contribution in [1.29, 1.82) is 0 Å². The zero-order chi connectivity index (χ0) is 17.7. The van der Waals surface area contributed by atoms with Crippen LogP contribution in [0.5, 0.6) is 0 Å². The fraction of sp³-hybridized carbons (Fsp3) is 0.263. The van der Waals surface area contributed by atoms with Crippen LogP contribution in [0.25, 0.3) is 0 Å². The zero-order valence-corrected chi connectivity index (χ0v) is 14.8. The molecule has 0 heterocycles. The lowest BCUT2D eigenvalue weighted by molar-refractivity contribution is -0.136. The molecule has 0 unspecified atom stereocenters. The Kier molecular flexibility index (Phi) is 5.99. The first kappa shape index (κ1) is 18.0. The molecule has 0 saturated carbocycles. The number of anilines is 1. The molecule has 0 radical (unpaired) electrons. The third-order valence-corrected chi connectivity index (χ3v) is 3.99. The standard InChI is InChI=1S/C19H21ClN2O2/c1-12(2)16-6-4-5-13(3)17(16)22-19(24)18(23)21-11-14-7-9-15(20)10-8-14/h4-10,12H,11H2,1-3H3,(H,21,23)(H,22,24). The highest BCUT2D eigenvalue weighted by molar-refractivity contribution is 6.39. The van der Waals surface area contributed by atoms with Crippen molar-refractivity contribution in [2.45, 2.75) is 33.2 Å². The minimum atomic E-state index is -0.667. The van der Waals surface area contributed by atoms with E-state index in [1.165, 1.54) is 0 Å². The maximum absolute atomic E-state index is 12.2. The number of aryl methyl sites for hydroxylation is 1. The Morgan fingerprint density at radius 1 is 1.04 bits per heavy atom. The van der Waals surface area contributed by atoms with Gasteiger partial charge in [-0.1, -0.05) is 55.8 Å². The average molecular weight is 345 g/mol. The number of benzene rings is 2. The summed E-state index contributed by atoms with van der Waals surface area (Å²) in [6, 6.07) is 12.9. The first-order valence-corrected chi connectivity index (χ1v) is 8.19. The van der Waals surface area contributed by atoms with E-state index in [2.05, 4.69) is 10.6 Å². The van der Waals surface area contributed by atoms with Gasteiger partial charge in [0, 0.05) is 17.3 Å². The molecule has 0 aliphatic rings. The van der Waals surface area contributed by atoms with E-state index >= 15 is 0 Å². The smallest absolute Gasteiger partial charge is 0.313 e. The maximum atomic E-state index is 12.2. The molecule has 0 atom stereocenters. The molecule has 0 aliphatic carbocycles. The SMILES string of the molecule is Cc1cccc(C(C)C)c1NC(=O)C(=O)NCc1ccc(Cl)cc1. The van der Waals surface area contributed by atoms with Gasteiger partial charge in [-0.15, -0.1) is 0 Å². The molecule has 0 aliphatic heterocycles. The Morgan fingerprint density at radius 3 is 2.33 bits per heavy atom. The van der Waals surface area contributed by atoms with Gasteiger partial charge in [0.25, 0.3) is 0 Å². The van der Waals surface area contributed by atoms with Gasteiger partial charge in [0.1, 0.15) is 0 Å². The van der Waals surface area contributed by atoms with Crippen LogP contribution in [0.4, 0.5) is 5.69 Å². The monoisotopic (exact) mass is 344 g/mol. The number of hydrogen-bond acceptors (Lipinski definition) is 2. The van der Waals surface area contributed by atoms with E-state index < -0.39 is 11.8 Å². The Labute approximate surface area is 147 Å². The van der Waals surface area contributed by atoms with Crippen LogP contribution in [-0.4, -0.2) is 11.8 Å². The van der Waals surface area contributed by atoms with Gasteiger partial charge in [-0.3, -0.25) is 9.59 Å². The predicted octanol–water partition coefficient (Wildman–Crippen LogP) is 4.03. The third-order valence-electron chi connectivity index (χ3n) is 3.74. The van der Waals surface area contributed by atoms with Gasteiger partial charge < -0.3 is 10.6 Å². The first-order chi connectivity index (χ1) is 11.4. The molecule has 5 heteroatoms. The predicted molar refractivity (Wildman–Crippen MR) is 97.2 cm³/mol. The Hall–Kier alpha value is -2.33. The topological polar surface area (TPSA) is 58.2 Å². The van der Waals surface area contributed by atoms with Crippen molar-refractivity contribution in [3.05, 3.63) is 64.2 Å². The quantitative estimate of drug-likeness (QED) is 0.823. The largest absolute Gasteiger partial charge is 0.344 e. The van der Waals surface area contributed by atoms with Crippen molar-refractivity contribution in [2.75, 3.05) is 5.32 Å². The molecule has 0 bridgehead atoms. The van der Waals surface area contributed by atoms with Gasteiger partial charge in [-0.2, -0.15) is 0 Å². The molecule has 0 spiro atoms. The lowest BCUT2D eigenvalue weighted by atomic mass is 9.98. The number of carbonyl (C=O) groups is 2. The summed E-state index contributed by atoms with van der Waals surface area (Å²) in [5.74, 6) is -1.08. The highest BCUT2D eigenvalue weighted by Gasteiger charge is 2.17. The fourth-order valence-electron chi connectivity index (χ4n) is 2.38. The van der Waals surface area contributed by atoms with E-state index in [0.717, 1.165) is 16.7 Å². The second-order valence-electron chi connectivity index (χ2n) is 5.96. The van der Waals surface area contributed by atoms with Crippen molar-refractivity contribution in [1.82, 2.24) is 5.32 Å². The summed E-state index contributed by atoms with van der Waals surface area (Å²) in [7, 11) is 0. The molecule has 2 aromatic rings. The summed E-state index contributed by atoms with van der Waals surface area (Å²) in [5.41, 5.74) is 3.52. The maximum Gasteiger partial charge on any atom is 0.313 e. The van der Waals surface area contributed by atoms with Gasteiger partial charge >= 0.3 is 11.8 Å². The van der Waals surface area contributed by atoms with Crippen molar-refractivity contribution in [2.24, 2.45) is 0 Å². The summed E-state index contributed by atoms with van der Waals surface area (Å²) in [6.07, 6.45) is 0. The van der Waals surface area contributed by atoms with Crippen molar-refractivity contribution >= 4 is 29.1 Å². The second kappa shape index (κ2) is 7.97. The lowest BCUT2D eigenvalue weighted by Crippen LogP contribution is -2.35. The van der Waals surface area contributed by atoms with Crippen LogP contribution in [0, 0.1) is 6.92 Å². The third kappa shape index (κ3) is 4.59. The van der Waals surface area contributed by atoms with Crippen LogP contribution >= 0.6 is 11.6 Å². The molecule has 4 nitrogen and oxygen atoms in total. The van der Waals surface area contributed by atoms with Crippen molar-refractivity contribution in [3.63, 3.8) is 0 Å². The molecule has 0 aromatic heterocycles. The normalized spacial score (nSPS) is 10.5. The van der Waals surface area contributed by atoms with Crippen LogP contribution < -0.4 is 10.6 Å². The van der Waals surface area contributed by atoms with Crippen molar-refractivity contribution < 1.29 is 9.59 Å². The van der Waals surface area contributed by atoms with E-state index in [9.17, 15) is 9.59 Å². The van der Waals surface area contributed by atoms with E-state index in [1.54, 1.807) is 24.3 Å². The summed E-state index contributed by atoms with van der Waals surface area (Å²) >= 11 is 5.82. The van der Waals surface area contributed by atoms with Crippen LogP contribution in [0.2, 0.25) is 5.02 Å². The van der Waals surface area contributed by atoms with Gasteiger partial charge in [-0.05, 0) is 41.7 Å². The van der Waals surface area contributed by atoms with E-state index in [0.29, 0.717) is 10.7 Å². The summed E-state index contributed by atoms with van der Waals surface area (Å²) in [5, 5.41) is 5.97. The summed E-state index contributed by atoms with van der Waals surface area (Å²) in [6.45, 7) is 6.28. The Balaban J connectivity index is 2.02. The molecule has 126 valence electrons. The lowest BCUT2D eigenvalue weighted by Gasteiger charge is -2.16. The van der Waals surface area contributed by atoms with Gasteiger partial charge in [0.2, 0.25) is 0 Å². The van der Waals surface area contributed by atoms with E-state index in [-0.39, 0.29) is 12.5 Å². The van der Waals surface area contributed by atoms with Crippen LogP contribution in [0.1, 0.15) is 36.5 Å². The van der Waals surface area contributed by atoms with E-state index in [1.807, 2.05) is 39.0 Å². The number of halogens is 1. The zero-order valence-electron chi connectivity index (χ0n) is 14.0. The first-order valence-electron chi connectivity index (χ1n) is 7.81. The molecule has 0 saturated heterocycles. The van der Waals surface area contributed by atoms with Crippen LogP contribution in [0.3, 0.4) is 0 Å². The minimum absolute atomic E-state index is 0.248. The molecule has 2 rings (SSSR count). The number of hydrogen-bond donors (Lipinski definition) is 2. The Morgan fingerprint density at radius 2 is 1.71 bits per heavy atom. The number of carbonyl (C=O) groups excluding carboxylic acids is 2.